The molecule has 1 aromatic carbocycles. The highest BCUT2D eigenvalue weighted by Gasteiger charge is 2.15. The van der Waals surface area contributed by atoms with Gasteiger partial charge in [-0.25, -0.2) is 19.2 Å². The third-order valence-corrected chi connectivity index (χ3v) is 4.95. The molecule has 0 atom stereocenters. The number of pyridine rings is 1. The van der Waals surface area contributed by atoms with Crippen LogP contribution in [0.4, 0.5) is 11.5 Å². The second kappa shape index (κ2) is 5.96. The number of rotatable bonds is 4. The van der Waals surface area contributed by atoms with Gasteiger partial charge in [-0.3, -0.25) is 4.72 Å². The van der Waals surface area contributed by atoms with Crippen molar-refractivity contribution in [3.05, 3.63) is 46.0 Å². The Kier molecular flexibility index (Phi) is 4.48. The summed E-state index contributed by atoms with van der Waals surface area (Å²) in [6, 6.07) is 7.42. The van der Waals surface area contributed by atoms with Crippen molar-refractivity contribution in [1.29, 1.82) is 0 Å². The number of benzene rings is 1. The standard InChI is InChI=1S/C11H10BrClN4O2S/c12-9-5-7(1-2-10(9)13)17-20(18,19)8-3-4-15-11(6-8)16-14/h1-6,17H,14H2,(H,15,16). The lowest BCUT2D eigenvalue weighted by molar-refractivity contribution is 0.601. The van der Waals surface area contributed by atoms with Gasteiger partial charge in [-0.1, -0.05) is 11.6 Å². The third kappa shape index (κ3) is 3.40. The van der Waals surface area contributed by atoms with E-state index < -0.39 is 10.0 Å². The molecule has 0 unspecified atom stereocenters. The van der Waals surface area contributed by atoms with Crippen molar-refractivity contribution >= 4 is 49.1 Å². The first kappa shape index (κ1) is 15.0. The second-order valence-electron chi connectivity index (χ2n) is 3.76. The monoisotopic (exact) mass is 376 g/mol. The van der Waals surface area contributed by atoms with Gasteiger partial charge >= 0.3 is 0 Å². The maximum Gasteiger partial charge on any atom is 0.262 e. The van der Waals surface area contributed by atoms with Crippen LogP contribution in [-0.2, 0) is 10.0 Å². The molecular formula is C11H10BrClN4O2S. The minimum Gasteiger partial charge on any atom is -0.308 e. The minimum absolute atomic E-state index is 0.0477. The lowest BCUT2D eigenvalue weighted by Gasteiger charge is -2.09. The molecule has 20 heavy (non-hydrogen) atoms. The molecule has 0 bridgehead atoms. The number of nitrogens with one attached hydrogen (secondary N) is 2. The van der Waals surface area contributed by atoms with Gasteiger partial charge < -0.3 is 5.43 Å². The quantitative estimate of drug-likeness (QED) is 0.562. The van der Waals surface area contributed by atoms with Crippen LogP contribution in [0.5, 0.6) is 0 Å². The van der Waals surface area contributed by atoms with Crippen LogP contribution in [0.1, 0.15) is 0 Å². The van der Waals surface area contributed by atoms with Crippen LogP contribution in [0.25, 0.3) is 0 Å². The Bertz CT molecular complexity index is 739. The second-order valence-corrected chi connectivity index (χ2v) is 6.70. The highest BCUT2D eigenvalue weighted by atomic mass is 79.9. The normalized spacial score (nSPS) is 11.2. The van der Waals surface area contributed by atoms with Crippen LogP contribution in [0, 0.1) is 0 Å². The molecule has 1 aromatic heterocycles. The molecule has 4 N–H and O–H groups in total. The Balaban J connectivity index is 2.32. The molecule has 106 valence electrons. The number of hydrogen-bond donors (Lipinski definition) is 3. The van der Waals surface area contributed by atoms with E-state index in [1.807, 2.05) is 0 Å². The maximum atomic E-state index is 12.2. The van der Waals surface area contributed by atoms with E-state index in [4.69, 9.17) is 17.4 Å². The number of aromatic nitrogens is 1. The third-order valence-electron chi connectivity index (χ3n) is 2.36. The van der Waals surface area contributed by atoms with Crippen molar-refractivity contribution in [2.75, 3.05) is 10.1 Å². The summed E-state index contributed by atoms with van der Waals surface area (Å²) in [4.78, 5) is 3.90. The Hall–Kier alpha value is -1.35. The van der Waals surface area contributed by atoms with Crippen molar-refractivity contribution in [2.45, 2.75) is 4.90 Å². The molecule has 0 aliphatic carbocycles. The lowest BCUT2D eigenvalue weighted by Crippen LogP contribution is -2.14. The first-order valence-corrected chi connectivity index (χ1v) is 7.98. The average molecular weight is 378 g/mol. The van der Waals surface area contributed by atoms with E-state index in [-0.39, 0.29) is 10.7 Å². The van der Waals surface area contributed by atoms with Gasteiger partial charge in [-0.2, -0.15) is 0 Å². The van der Waals surface area contributed by atoms with Crippen molar-refractivity contribution in [3.8, 4) is 0 Å². The Labute approximate surface area is 129 Å². The summed E-state index contributed by atoms with van der Waals surface area (Å²) in [6.07, 6.45) is 1.35. The number of nitrogens with zero attached hydrogens (tertiary/aromatic N) is 1. The topological polar surface area (TPSA) is 97.1 Å². The van der Waals surface area contributed by atoms with Crippen LogP contribution in [0.3, 0.4) is 0 Å². The average Bonchev–Trinajstić information content (AvgIpc) is 2.43. The predicted octanol–water partition coefficient (Wildman–Crippen LogP) is 2.58. The summed E-state index contributed by atoms with van der Waals surface area (Å²) in [5, 5.41) is 0.492. The van der Waals surface area contributed by atoms with Gasteiger partial charge in [0.2, 0.25) is 0 Å². The molecular weight excluding hydrogens is 368 g/mol. The number of nitrogen functional groups attached to an aromatic ring is 1. The van der Waals surface area contributed by atoms with E-state index in [1.165, 1.54) is 18.3 Å². The van der Waals surface area contributed by atoms with Crippen LogP contribution in [0.2, 0.25) is 5.02 Å². The van der Waals surface area contributed by atoms with Crippen molar-refractivity contribution in [3.63, 3.8) is 0 Å². The first-order valence-electron chi connectivity index (χ1n) is 5.33. The Morgan fingerprint density at radius 3 is 2.65 bits per heavy atom. The van der Waals surface area contributed by atoms with E-state index >= 15 is 0 Å². The van der Waals surface area contributed by atoms with Gasteiger partial charge in [0.1, 0.15) is 5.82 Å². The first-order chi connectivity index (χ1) is 9.42. The SMILES string of the molecule is NNc1cc(S(=O)(=O)Nc2ccc(Cl)c(Br)c2)ccn1. The van der Waals surface area contributed by atoms with Crippen molar-refractivity contribution in [2.24, 2.45) is 5.84 Å². The van der Waals surface area contributed by atoms with Gasteiger partial charge in [0.15, 0.2) is 0 Å². The van der Waals surface area contributed by atoms with E-state index in [9.17, 15) is 8.42 Å². The molecule has 0 radical (unpaired) electrons. The molecule has 0 aliphatic heterocycles. The number of sulfonamides is 1. The van der Waals surface area contributed by atoms with E-state index in [0.29, 0.717) is 15.2 Å². The summed E-state index contributed by atoms with van der Waals surface area (Å²) >= 11 is 9.08. The predicted molar refractivity (Wildman–Crippen MR) is 82.0 cm³/mol. The summed E-state index contributed by atoms with van der Waals surface area (Å²) in [5.74, 6) is 5.46. The number of hydrazine groups is 1. The summed E-state index contributed by atoms with van der Waals surface area (Å²) in [5.41, 5.74) is 2.68. The van der Waals surface area contributed by atoms with E-state index in [1.54, 1.807) is 18.2 Å². The fourth-order valence-corrected chi connectivity index (χ4v) is 2.99. The zero-order valence-corrected chi connectivity index (χ0v) is 13.1. The van der Waals surface area contributed by atoms with E-state index in [2.05, 4.69) is 31.1 Å². The van der Waals surface area contributed by atoms with Crippen molar-refractivity contribution < 1.29 is 8.42 Å². The zero-order valence-electron chi connectivity index (χ0n) is 9.97. The largest absolute Gasteiger partial charge is 0.308 e. The highest BCUT2D eigenvalue weighted by Crippen LogP contribution is 2.27. The molecule has 1 heterocycles. The lowest BCUT2D eigenvalue weighted by atomic mass is 10.3. The molecule has 0 aliphatic rings. The van der Waals surface area contributed by atoms with Crippen LogP contribution >= 0.6 is 27.5 Å². The van der Waals surface area contributed by atoms with Gasteiger partial charge in [-0.05, 0) is 40.2 Å². The zero-order chi connectivity index (χ0) is 14.8. The molecule has 0 spiro atoms. The minimum atomic E-state index is -3.73. The molecule has 2 rings (SSSR count). The number of nitrogens with two attached hydrogens (primary N) is 1. The molecule has 6 nitrogen and oxygen atoms in total. The molecule has 0 fully saturated rings. The Morgan fingerprint density at radius 1 is 1.25 bits per heavy atom. The summed E-state index contributed by atoms with van der Waals surface area (Å²) in [6.45, 7) is 0. The molecule has 9 heteroatoms. The van der Waals surface area contributed by atoms with Crippen LogP contribution in [-0.4, -0.2) is 13.4 Å². The van der Waals surface area contributed by atoms with Gasteiger partial charge in [0.05, 0.1) is 15.6 Å². The highest BCUT2D eigenvalue weighted by molar-refractivity contribution is 9.10. The number of hydrogen-bond acceptors (Lipinski definition) is 5. The van der Waals surface area contributed by atoms with E-state index in [0.717, 1.165) is 0 Å². The summed E-state index contributed by atoms with van der Waals surface area (Å²) < 4.78 is 27.5. The fourth-order valence-electron chi connectivity index (χ4n) is 1.43. The number of anilines is 2. The smallest absolute Gasteiger partial charge is 0.262 e. The van der Waals surface area contributed by atoms with Crippen LogP contribution in [0.15, 0.2) is 45.9 Å². The Morgan fingerprint density at radius 2 is 2.00 bits per heavy atom. The van der Waals surface area contributed by atoms with Gasteiger partial charge in [0, 0.05) is 16.7 Å². The number of halogens is 2. The van der Waals surface area contributed by atoms with Crippen molar-refractivity contribution in [1.82, 2.24) is 4.98 Å². The molecule has 2 aromatic rings. The molecule has 0 amide bonds. The van der Waals surface area contributed by atoms with Gasteiger partial charge in [-0.15, -0.1) is 0 Å². The molecule has 0 saturated heterocycles. The fraction of sp³-hybridized carbons (Fsp3) is 0. The summed E-state index contributed by atoms with van der Waals surface area (Å²) in [7, 11) is -3.73. The van der Waals surface area contributed by atoms with Gasteiger partial charge in [0.25, 0.3) is 10.0 Å². The maximum absolute atomic E-state index is 12.2. The molecule has 0 saturated carbocycles. The van der Waals surface area contributed by atoms with Crippen LogP contribution < -0.4 is 16.0 Å².